The van der Waals surface area contributed by atoms with Gasteiger partial charge in [-0.1, -0.05) is 128 Å². The van der Waals surface area contributed by atoms with E-state index in [0.29, 0.717) is 12.8 Å². The highest BCUT2D eigenvalue weighted by Gasteiger charge is 2.46. The maximum atomic E-state index is 12.8. The third kappa shape index (κ3) is 28.5. The molecule has 6 atom stereocenters. The van der Waals surface area contributed by atoms with Crippen LogP contribution in [-0.2, 0) is 38.7 Å². The van der Waals surface area contributed by atoms with Crippen LogP contribution in [0.25, 0.3) is 0 Å². The third-order valence-electron chi connectivity index (χ3n) is 10.0. The number of rotatable bonds is 36. The Morgan fingerprint density at radius 1 is 0.589 bits per heavy atom. The van der Waals surface area contributed by atoms with Crippen molar-refractivity contribution in [1.82, 2.24) is 0 Å². The Balaban J connectivity index is 2.49. The van der Waals surface area contributed by atoms with Crippen molar-refractivity contribution in [2.75, 3.05) is 19.0 Å². The van der Waals surface area contributed by atoms with E-state index in [2.05, 4.69) is 38.2 Å². The summed E-state index contributed by atoms with van der Waals surface area (Å²) in [4.78, 5) is 25.3. The molecule has 1 aliphatic heterocycles. The maximum Gasteiger partial charge on any atom is 0.306 e. The molecule has 0 amide bonds. The Morgan fingerprint density at radius 3 is 1.54 bits per heavy atom. The molecule has 0 aromatic heterocycles. The molecule has 0 aliphatic carbocycles. The van der Waals surface area contributed by atoms with Crippen molar-refractivity contribution in [3.8, 4) is 0 Å². The molecule has 0 saturated carbocycles. The highest BCUT2D eigenvalue weighted by atomic mass is 32.2. The fraction of sp³-hybridized carbons (Fsp3) is 0.860. The molecule has 0 bridgehead atoms. The van der Waals surface area contributed by atoms with Gasteiger partial charge in [-0.25, -0.2) is 0 Å². The molecule has 13 heteroatoms. The average molecular weight is 819 g/mol. The van der Waals surface area contributed by atoms with Gasteiger partial charge in [-0.2, -0.15) is 8.42 Å². The summed E-state index contributed by atoms with van der Waals surface area (Å²) in [6, 6.07) is 0. The van der Waals surface area contributed by atoms with Gasteiger partial charge in [0.1, 0.15) is 36.8 Å². The molecule has 328 valence electrons. The lowest BCUT2D eigenvalue weighted by molar-refractivity contribution is -0.297. The van der Waals surface area contributed by atoms with Crippen LogP contribution in [0.4, 0.5) is 0 Å². The molecule has 1 heterocycles. The average Bonchev–Trinajstić information content (AvgIpc) is 3.16. The van der Waals surface area contributed by atoms with Gasteiger partial charge in [0.05, 0.1) is 6.61 Å². The lowest BCUT2D eigenvalue weighted by Crippen LogP contribution is -2.60. The van der Waals surface area contributed by atoms with Gasteiger partial charge in [-0.3, -0.25) is 14.1 Å². The van der Waals surface area contributed by atoms with E-state index in [-0.39, 0.29) is 19.4 Å². The lowest BCUT2D eigenvalue weighted by atomic mass is 10.00. The van der Waals surface area contributed by atoms with E-state index in [0.717, 1.165) is 57.8 Å². The second-order valence-corrected chi connectivity index (χ2v) is 16.9. The number of esters is 2. The number of hydrogen-bond acceptors (Lipinski definition) is 11. The van der Waals surface area contributed by atoms with Gasteiger partial charge in [0.2, 0.25) is 0 Å². The largest absolute Gasteiger partial charge is 0.462 e. The number of carbonyl (C=O) groups is 2. The van der Waals surface area contributed by atoms with Gasteiger partial charge < -0.3 is 34.3 Å². The van der Waals surface area contributed by atoms with E-state index in [1.165, 1.54) is 83.5 Å². The van der Waals surface area contributed by atoms with Crippen molar-refractivity contribution in [2.45, 2.75) is 218 Å². The standard InChI is InChI=1S/C43H78O12S/c1-3-5-7-9-11-13-15-17-18-20-22-24-26-28-30-32-39(45)54-36(34-53-43-42(48)41(47)40(46)37(55-43)35-56(49,50)51)33-52-38(44)31-29-27-25-23-21-19-16-14-12-10-8-6-4-2/h14,16,22,24,36-37,40-43,46-48H,3-13,15,17-21,23,25-35H2,1-2H3,(H,49,50,51)/b16-14+,24-22+/t36-,37-,40-,41?,42?,43+/m1/s1. The molecule has 1 saturated heterocycles. The quantitative estimate of drug-likeness (QED) is 0.0205. The number of aliphatic hydroxyl groups excluding tert-OH is 3. The van der Waals surface area contributed by atoms with Crippen molar-refractivity contribution in [2.24, 2.45) is 0 Å². The minimum Gasteiger partial charge on any atom is -0.462 e. The fourth-order valence-corrected chi connectivity index (χ4v) is 7.24. The highest BCUT2D eigenvalue weighted by molar-refractivity contribution is 7.85. The molecular formula is C43H78O12S. The molecule has 1 aliphatic rings. The number of carbonyl (C=O) groups excluding carboxylic acids is 2. The molecule has 12 nitrogen and oxygen atoms in total. The molecule has 1 rings (SSSR count). The number of ether oxygens (including phenoxy) is 4. The first kappa shape index (κ1) is 52.1. The van der Waals surface area contributed by atoms with Gasteiger partial charge in [0, 0.05) is 12.8 Å². The summed E-state index contributed by atoms with van der Waals surface area (Å²) in [6.45, 7) is 3.71. The van der Waals surface area contributed by atoms with Gasteiger partial charge in [-0.15, -0.1) is 0 Å². The summed E-state index contributed by atoms with van der Waals surface area (Å²) >= 11 is 0. The summed E-state index contributed by atoms with van der Waals surface area (Å²) < 4.78 is 53.9. The smallest absolute Gasteiger partial charge is 0.306 e. The molecule has 0 aromatic rings. The molecule has 0 spiro atoms. The van der Waals surface area contributed by atoms with Crippen LogP contribution in [0.15, 0.2) is 24.3 Å². The molecular weight excluding hydrogens is 741 g/mol. The van der Waals surface area contributed by atoms with E-state index in [9.17, 15) is 37.9 Å². The molecule has 4 N–H and O–H groups in total. The van der Waals surface area contributed by atoms with Crippen LogP contribution in [0.5, 0.6) is 0 Å². The monoisotopic (exact) mass is 819 g/mol. The Kier molecular flexibility index (Phi) is 31.7. The van der Waals surface area contributed by atoms with E-state index in [4.69, 9.17) is 18.9 Å². The summed E-state index contributed by atoms with van der Waals surface area (Å²) in [5, 5.41) is 30.8. The third-order valence-corrected chi connectivity index (χ3v) is 10.8. The number of allylic oxidation sites excluding steroid dienone is 4. The van der Waals surface area contributed by atoms with E-state index < -0.39 is 71.2 Å². The van der Waals surface area contributed by atoms with Crippen molar-refractivity contribution < 1.29 is 56.8 Å². The van der Waals surface area contributed by atoms with Crippen molar-refractivity contribution in [3.63, 3.8) is 0 Å². The Morgan fingerprint density at radius 2 is 1.02 bits per heavy atom. The summed E-state index contributed by atoms with van der Waals surface area (Å²) in [5.74, 6) is -2.02. The first-order chi connectivity index (χ1) is 27.0. The van der Waals surface area contributed by atoms with Crippen LogP contribution >= 0.6 is 0 Å². The highest BCUT2D eigenvalue weighted by Crippen LogP contribution is 2.24. The minimum absolute atomic E-state index is 0.134. The zero-order valence-corrected chi connectivity index (χ0v) is 35.6. The predicted octanol–water partition coefficient (Wildman–Crippen LogP) is 8.45. The lowest BCUT2D eigenvalue weighted by Gasteiger charge is -2.40. The normalized spacial score (nSPS) is 20.9. The second-order valence-electron chi connectivity index (χ2n) is 15.4. The molecule has 2 unspecified atom stereocenters. The van der Waals surface area contributed by atoms with Crippen LogP contribution in [0, 0.1) is 0 Å². The van der Waals surface area contributed by atoms with Crippen molar-refractivity contribution >= 4 is 22.1 Å². The summed E-state index contributed by atoms with van der Waals surface area (Å²) in [6.07, 6.45) is 26.6. The van der Waals surface area contributed by atoms with Crippen LogP contribution in [0.3, 0.4) is 0 Å². The minimum atomic E-state index is -4.60. The van der Waals surface area contributed by atoms with E-state index in [1.54, 1.807) is 0 Å². The zero-order valence-electron chi connectivity index (χ0n) is 34.7. The predicted molar refractivity (Wildman–Crippen MR) is 220 cm³/mol. The first-order valence-corrected chi connectivity index (χ1v) is 23.5. The van der Waals surface area contributed by atoms with Gasteiger partial charge >= 0.3 is 11.9 Å². The number of hydrogen-bond donors (Lipinski definition) is 4. The van der Waals surface area contributed by atoms with E-state index >= 15 is 0 Å². The molecule has 0 radical (unpaired) electrons. The SMILES string of the molecule is CCCCCC/C=C/CCCCCCCC(=O)OC[C@H](CO[C@H]1O[C@H](CS(=O)(=O)O)[C@@H](O)C(O)C1O)OC(=O)CCCC/C=C/CCCCCCCCCCC. The Bertz CT molecular complexity index is 1140. The molecule has 56 heavy (non-hydrogen) atoms. The number of aliphatic hydroxyl groups is 3. The topological polar surface area (TPSA) is 186 Å². The van der Waals surface area contributed by atoms with Crippen molar-refractivity contribution in [3.05, 3.63) is 24.3 Å². The van der Waals surface area contributed by atoms with Gasteiger partial charge in [0.15, 0.2) is 12.4 Å². The van der Waals surface area contributed by atoms with Crippen LogP contribution in [-0.4, -0.2) is 96.0 Å². The van der Waals surface area contributed by atoms with Crippen LogP contribution in [0.1, 0.15) is 181 Å². The Hall–Kier alpha value is -1.87. The zero-order chi connectivity index (χ0) is 41.3. The number of unbranched alkanes of at least 4 members (excludes halogenated alkanes) is 20. The second kappa shape index (κ2) is 34.0. The summed E-state index contributed by atoms with van der Waals surface area (Å²) in [7, 11) is -4.60. The Labute approximate surface area is 338 Å². The maximum absolute atomic E-state index is 12.8. The van der Waals surface area contributed by atoms with Crippen LogP contribution < -0.4 is 0 Å². The van der Waals surface area contributed by atoms with Gasteiger partial charge in [-0.05, 0) is 64.2 Å². The van der Waals surface area contributed by atoms with Gasteiger partial charge in [0.25, 0.3) is 10.1 Å². The fourth-order valence-electron chi connectivity index (χ4n) is 6.55. The van der Waals surface area contributed by atoms with Crippen LogP contribution in [0.2, 0.25) is 0 Å². The molecule has 1 fully saturated rings. The molecule has 0 aromatic carbocycles. The van der Waals surface area contributed by atoms with E-state index in [1.807, 2.05) is 0 Å². The first-order valence-electron chi connectivity index (χ1n) is 21.9. The summed E-state index contributed by atoms with van der Waals surface area (Å²) in [5.41, 5.74) is 0. The van der Waals surface area contributed by atoms with Crippen molar-refractivity contribution in [1.29, 1.82) is 0 Å².